The summed E-state index contributed by atoms with van der Waals surface area (Å²) < 4.78 is 6.91. The van der Waals surface area contributed by atoms with E-state index in [-0.39, 0.29) is 0 Å². The largest absolute Gasteiger partial charge is 0.468 e. The molecular weight excluding hydrogens is 220 g/mol. The number of rotatable bonds is 3. The van der Waals surface area contributed by atoms with Gasteiger partial charge in [0, 0.05) is 6.04 Å². The van der Waals surface area contributed by atoms with Crippen molar-refractivity contribution in [2.24, 2.45) is 0 Å². The van der Waals surface area contributed by atoms with Crippen molar-refractivity contribution in [2.75, 3.05) is 13.2 Å². The SMILES string of the molecule is c1ccc2sc(OC[C@@H]3CCCN3)nc2c1. The maximum absolute atomic E-state index is 5.72. The Morgan fingerprint density at radius 1 is 1.44 bits per heavy atom. The summed E-state index contributed by atoms with van der Waals surface area (Å²) in [6.07, 6.45) is 2.47. The molecule has 0 saturated carbocycles. The highest BCUT2D eigenvalue weighted by Crippen LogP contribution is 2.27. The van der Waals surface area contributed by atoms with Gasteiger partial charge in [-0.15, -0.1) is 0 Å². The Balaban J connectivity index is 1.69. The van der Waals surface area contributed by atoms with Gasteiger partial charge in [-0.3, -0.25) is 0 Å². The number of thiazole rings is 1. The summed E-state index contributed by atoms with van der Waals surface area (Å²) in [5, 5.41) is 4.20. The molecule has 84 valence electrons. The fourth-order valence-electron chi connectivity index (χ4n) is 1.98. The summed E-state index contributed by atoms with van der Waals surface area (Å²) >= 11 is 1.62. The van der Waals surface area contributed by atoms with Crippen molar-refractivity contribution in [3.63, 3.8) is 0 Å². The smallest absolute Gasteiger partial charge is 0.274 e. The molecule has 1 aliphatic heterocycles. The van der Waals surface area contributed by atoms with E-state index in [1.54, 1.807) is 11.3 Å². The topological polar surface area (TPSA) is 34.1 Å². The molecule has 4 heteroatoms. The molecule has 2 aromatic rings. The van der Waals surface area contributed by atoms with Crippen molar-refractivity contribution in [3.05, 3.63) is 24.3 Å². The molecule has 1 atom stereocenters. The van der Waals surface area contributed by atoms with Crippen LogP contribution in [0.15, 0.2) is 24.3 Å². The first kappa shape index (κ1) is 10.1. The Morgan fingerprint density at radius 2 is 2.38 bits per heavy atom. The molecule has 0 aliphatic carbocycles. The first-order chi connectivity index (χ1) is 7.92. The van der Waals surface area contributed by atoms with Crippen LogP contribution in [0, 0.1) is 0 Å². The van der Waals surface area contributed by atoms with Crippen LogP contribution in [-0.4, -0.2) is 24.2 Å². The number of nitrogens with one attached hydrogen (secondary N) is 1. The highest BCUT2D eigenvalue weighted by atomic mass is 32.1. The van der Waals surface area contributed by atoms with Gasteiger partial charge in [0.15, 0.2) is 0 Å². The highest BCUT2D eigenvalue weighted by molar-refractivity contribution is 7.20. The average Bonchev–Trinajstić information content (AvgIpc) is 2.95. The molecule has 16 heavy (non-hydrogen) atoms. The van der Waals surface area contributed by atoms with Gasteiger partial charge in [0.05, 0.1) is 10.2 Å². The van der Waals surface area contributed by atoms with Crippen LogP contribution in [0.4, 0.5) is 0 Å². The van der Waals surface area contributed by atoms with Crippen LogP contribution in [0.3, 0.4) is 0 Å². The first-order valence-corrected chi connectivity index (χ1v) is 6.45. The van der Waals surface area contributed by atoms with Crippen LogP contribution in [0.5, 0.6) is 5.19 Å². The van der Waals surface area contributed by atoms with E-state index in [1.807, 2.05) is 18.2 Å². The highest BCUT2D eigenvalue weighted by Gasteiger charge is 2.15. The van der Waals surface area contributed by atoms with Crippen molar-refractivity contribution in [1.29, 1.82) is 0 Å². The summed E-state index contributed by atoms with van der Waals surface area (Å²) in [6.45, 7) is 1.85. The predicted octanol–water partition coefficient (Wildman–Crippen LogP) is 2.43. The van der Waals surface area contributed by atoms with E-state index in [9.17, 15) is 0 Å². The Kier molecular flexibility index (Phi) is 2.76. The Labute approximate surface area is 98.5 Å². The van der Waals surface area contributed by atoms with Crippen LogP contribution in [0.2, 0.25) is 0 Å². The van der Waals surface area contributed by atoms with Gasteiger partial charge in [0.1, 0.15) is 6.61 Å². The van der Waals surface area contributed by atoms with Gasteiger partial charge in [-0.2, -0.15) is 0 Å². The summed E-state index contributed by atoms with van der Waals surface area (Å²) in [6, 6.07) is 8.64. The molecule has 0 radical (unpaired) electrons. The maximum atomic E-state index is 5.72. The van der Waals surface area contributed by atoms with Gasteiger partial charge in [0.25, 0.3) is 5.19 Å². The Bertz CT molecular complexity index is 444. The van der Waals surface area contributed by atoms with Gasteiger partial charge in [0.2, 0.25) is 0 Å². The van der Waals surface area contributed by atoms with E-state index in [0.717, 1.165) is 23.9 Å². The Morgan fingerprint density at radius 3 is 3.19 bits per heavy atom. The first-order valence-electron chi connectivity index (χ1n) is 5.63. The summed E-state index contributed by atoms with van der Waals surface area (Å²) in [5.74, 6) is 0. The van der Waals surface area contributed by atoms with Crippen molar-refractivity contribution in [2.45, 2.75) is 18.9 Å². The number of aromatic nitrogens is 1. The van der Waals surface area contributed by atoms with Crippen molar-refractivity contribution in [1.82, 2.24) is 10.3 Å². The number of nitrogens with zero attached hydrogens (tertiary/aromatic N) is 1. The zero-order valence-corrected chi connectivity index (χ0v) is 9.80. The average molecular weight is 234 g/mol. The van der Waals surface area contributed by atoms with Gasteiger partial charge in [-0.05, 0) is 31.5 Å². The van der Waals surface area contributed by atoms with Gasteiger partial charge in [-0.1, -0.05) is 23.5 Å². The fourth-order valence-corrected chi connectivity index (χ4v) is 2.81. The van der Waals surface area contributed by atoms with E-state index in [2.05, 4.69) is 16.4 Å². The van der Waals surface area contributed by atoms with Crippen molar-refractivity contribution in [3.8, 4) is 5.19 Å². The van der Waals surface area contributed by atoms with Gasteiger partial charge < -0.3 is 10.1 Å². The molecule has 1 aromatic carbocycles. The van der Waals surface area contributed by atoms with Crippen molar-refractivity contribution < 1.29 is 4.74 Å². The number of benzene rings is 1. The number of hydrogen-bond acceptors (Lipinski definition) is 4. The lowest BCUT2D eigenvalue weighted by atomic mass is 10.2. The summed E-state index contributed by atoms with van der Waals surface area (Å²) in [5.41, 5.74) is 1.03. The third-order valence-corrected chi connectivity index (χ3v) is 3.79. The number of ether oxygens (including phenoxy) is 1. The lowest BCUT2D eigenvalue weighted by molar-refractivity contribution is 0.276. The van der Waals surface area contributed by atoms with E-state index in [0.29, 0.717) is 6.04 Å². The summed E-state index contributed by atoms with van der Waals surface area (Å²) in [4.78, 5) is 4.44. The van der Waals surface area contributed by atoms with Crippen LogP contribution in [-0.2, 0) is 0 Å². The quantitative estimate of drug-likeness (QED) is 0.885. The van der Waals surface area contributed by atoms with Crippen LogP contribution in [0.25, 0.3) is 10.2 Å². The molecule has 0 spiro atoms. The second kappa shape index (κ2) is 4.39. The molecule has 1 saturated heterocycles. The molecule has 1 fully saturated rings. The molecule has 3 rings (SSSR count). The third-order valence-electron chi connectivity index (χ3n) is 2.84. The molecule has 1 N–H and O–H groups in total. The number of fused-ring (bicyclic) bond motifs is 1. The second-order valence-corrected chi connectivity index (χ2v) is 5.04. The van der Waals surface area contributed by atoms with E-state index >= 15 is 0 Å². The normalized spacial score (nSPS) is 20.4. The minimum Gasteiger partial charge on any atom is -0.468 e. The molecule has 0 amide bonds. The minimum atomic E-state index is 0.506. The van der Waals surface area contributed by atoms with Crippen LogP contribution >= 0.6 is 11.3 Å². The molecule has 0 unspecified atom stereocenters. The standard InChI is InChI=1S/C12H14N2OS/c1-2-6-11-10(5-1)14-12(16-11)15-8-9-4-3-7-13-9/h1-2,5-6,9,13H,3-4,7-8H2/t9-/m0/s1. The van der Waals surface area contributed by atoms with Crippen molar-refractivity contribution >= 4 is 21.6 Å². The van der Waals surface area contributed by atoms with E-state index in [4.69, 9.17) is 4.74 Å². The zero-order chi connectivity index (χ0) is 10.8. The second-order valence-electron chi connectivity index (χ2n) is 4.05. The molecule has 3 nitrogen and oxygen atoms in total. The Hall–Kier alpha value is -1.13. The van der Waals surface area contributed by atoms with E-state index < -0.39 is 0 Å². The van der Waals surface area contributed by atoms with E-state index in [1.165, 1.54) is 17.5 Å². The predicted molar refractivity (Wildman–Crippen MR) is 66.1 cm³/mol. The summed E-state index contributed by atoms with van der Waals surface area (Å²) in [7, 11) is 0. The maximum Gasteiger partial charge on any atom is 0.274 e. The zero-order valence-electron chi connectivity index (χ0n) is 8.98. The lowest BCUT2D eigenvalue weighted by Crippen LogP contribution is -2.28. The van der Waals surface area contributed by atoms with Gasteiger partial charge in [-0.25, -0.2) is 4.98 Å². The van der Waals surface area contributed by atoms with Crippen LogP contribution < -0.4 is 10.1 Å². The van der Waals surface area contributed by atoms with Gasteiger partial charge >= 0.3 is 0 Å². The number of para-hydroxylation sites is 1. The van der Waals surface area contributed by atoms with Crippen LogP contribution in [0.1, 0.15) is 12.8 Å². The molecule has 1 aliphatic rings. The third kappa shape index (κ3) is 2.03. The fraction of sp³-hybridized carbons (Fsp3) is 0.417. The monoisotopic (exact) mass is 234 g/mol. The minimum absolute atomic E-state index is 0.506. The molecular formula is C12H14N2OS. The number of hydrogen-bond donors (Lipinski definition) is 1. The molecule has 1 aromatic heterocycles. The molecule has 2 heterocycles. The lowest BCUT2D eigenvalue weighted by Gasteiger charge is -2.09. The molecule has 0 bridgehead atoms.